The third-order valence-corrected chi connectivity index (χ3v) is 7.22. The molecule has 1 aliphatic heterocycles. The van der Waals surface area contributed by atoms with Gasteiger partial charge in [-0.2, -0.15) is 22.9 Å². The summed E-state index contributed by atoms with van der Waals surface area (Å²) in [6.45, 7) is 8.32. The van der Waals surface area contributed by atoms with E-state index in [1.165, 1.54) is 15.4 Å². The van der Waals surface area contributed by atoms with Crippen LogP contribution in [0.15, 0.2) is 18.3 Å². The fourth-order valence-electron chi connectivity index (χ4n) is 4.54. The molecule has 0 atom stereocenters. The van der Waals surface area contributed by atoms with E-state index in [2.05, 4.69) is 41.1 Å². The second-order valence-corrected chi connectivity index (χ2v) is 9.35. The summed E-state index contributed by atoms with van der Waals surface area (Å²) < 4.78 is 24.8. The Labute approximate surface area is 154 Å². The maximum absolute atomic E-state index is 11.7. The summed E-state index contributed by atoms with van der Waals surface area (Å²) in [7, 11) is -3.61. The normalized spacial score (nSPS) is 19.8. The van der Waals surface area contributed by atoms with E-state index in [1.807, 2.05) is 13.1 Å². The molecule has 1 aromatic carbocycles. The Morgan fingerprint density at radius 1 is 1.27 bits per heavy atom. The molecule has 1 saturated carbocycles. The molecule has 1 saturated heterocycles. The molecule has 7 nitrogen and oxygen atoms in total. The summed E-state index contributed by atoms with van der Waals surface area (Å²) in [6, 6.07) is 4.30. The van der Waals surface area contributed by atoms with Gasteiger partial charge in [0, 0.05) is 36.5 Å². The van der Waals surface area contributed by atoms with Gasteiger partial charge in [-0.05, 0) is 49.9 Å². The van der Waals surface area contributed by atoms with Gasteiger partial charge in [0.1, 0.15) is 0 Å². The standard InChI is InChI=1S/C18H25N5O2S/c1-4-23(26(19,24)25)14-7-18(8-14)10-22(11-18)17-9-20-21-16-6-13(3)12(2)5-15(16)17/h5-6,9,14H,4,7-8,10-11H2,1-3H3,(H2,19,24,25). The van der Waals surface area contributed by atoms with E-state index in [4.69, 9.17) is 5.14 Å². The van der Waals surface area contributed by atoms with E-state index in [9.17, 15) is 8.42 Å². The second-order valence-electron chi connectivity index (χ2n) is 7.85. The van der Waals surface area contributed by atoms with Crippen LogP contribution in [0.3, 0.4) is 0 Å². The van der Waals surface area contributed by atoms with Gasteiger partial charge >= 0.3 is 0 Å². The lowest BCUT2D eigenvalue weighted by atomic mass is 9.60. The average molecular weight is 375 g/mol. The zero-order chi connectivity index (χ0) is 18.7. The van der Waals surface area contributed by atoms with Crippen LogP contribution in [-0.2, 0) is 10.2 Å². The summed E-state index contributed by atoms with van der Waals surface area (Å²) >= 11 is 0. The van der Waals surface area contributed by atoms with Crippen LogP contribution in [0.4, 0.5) is 5.69 Å². The topological polar surface area (TPSA) is 92.4 Å². The molecule has 1 aromatic heterocycles. The number of fused-ring (bicyclic) bond motifs is 1. The molecule has 140 valence electrons. The fraction of sp³-hybridized carbons (Fsp3) is 0.556. The number of hydrogen-bond donors (Lipinski definition) is 1. The number of rotatable bonds is 4. The van der Waals surface area contributed by atoms with E-state index in [1.54, 1.807) is 0 Å². The smallest absolute Gasteiger partial charge is 0.277 e. The van der Waals surface area contributed by atoms with Gasteiger partial charge in [0.15, 0.2) is 0 Å². The van der Waals surface area contributed by atoms with E-state index in [0.717, 1.165) is 42.5 Å². The molecule has 0 amide bonds. The molecule has 0 bridgehead atoms. The molecular weight excluding hydrogens is 350 g/mol. The third kappa shape index (κ3) is 2.76. The number of aryl methyl sites for hydroxylation is 2. The van der Waals surface area contributed by atoms with Crippen molar-refractivity contribution in [1.82, 2.24) is 14.5 Å². The largest absolute Gasteiger partial charge is 0.368 e. The zero-order valence-corrected chi connectivity index (χ0v) is 16.3. The summed E-state index contributed by atoms with van der Waals surface area (Å²) in [5.41, 5.74) is 4.71. The van der Waals surface area contributed by atoms with Crippen LogP contribution in [0.1, 0.15) is 30.9 Å². The van der Waals surface area contributed by atoms with Crippen molar-refractivity contribution in [2.75, 3.05) is 24.5 Å². The monoisotopic (exact) mass is 375 g/mol. The summed E-state index contributed by atoms with van der Waals surface area (Å²) in [5, 5.41) is 14.9. The summed E-state index contributed by atoms with van der Waals surface area (Å²) in [6.07, 6.45) is 3.59. The van der Waals surface area contributed by atoms with Crippen LogP contribution in [-0.4, -0.2) is 48.6 Å². The van der Waals surface area contributed by atoms with Crippen LogP contribution in [0.2, 0.25) is 0 Å². The van der Waals surface area contributed by atoms with Gasteiger partial charge in [0.05, 0.1) is 17.4 Å². The van der Waals surface area contributed by atoms with Gasteiger partial charge < -0.3 is 4.90 Å². The van der Waals surface area contributed by atoms with Crippen molar-refractivity contribution in [1.29, 1.82) is 0 Å². The highest BCUT2D eigenvalue weighted by atomic mass is 32.2. The Bertz CT molecular complexity index is 961. The lowest BCUT2D eigenvalue weighted by Gasteiger charge is -2.61. The highest BCUT2D eigenvalue weighted by Gasteiger charge is 2.55. The number of nitrogens with two attached hydrogens (primary N) is 1. The first kappa shape index (κ1) is 17.6. The second kappa shape index (κ2) is 5.87. The summed E-state index contributed by atoms with van der Waals surface area (Å²) in [5.74, 6) is 0. The minimum Gasteiger partial charge on any atom is -0.368 e. The Hall–Kier alpha value is -1.77. The van der Waals surface area contributed by atoms with Crippen molar-refractivity contribution < 1.29 is 8.42 Å². The molecule has 0 unspecified atom stereocenters. The van der Waals surface area contributed by atoms with Gasteiger partial charge in [0.25, 0.3) is 10.2 Å². The van der Waals surface area contributed by atoms with E-state index in [0.29, 0.717) is 6.54 Å². The van der Waals surface area contributed by atoms with Crippen molar-refractivity contribution in [3.8, 4) is 0 Å². The Kier molecular flexibility index (Phi) is 3.98. The molecule has 26 heavy (non-hydrogen) atoms. The van der Waals surface area contributed by atoms with Crippen LogP contribution >= 0.6 is 0 Å². The van der Waals surface area contributed by atoms with Crippen molar-refractivity contribution in [2.45, 2.75) is 39.7 Å². The highest BCUT2D eigenvalue weighted by molar-refractivity contribution is 7.86. The van der Waals surface area contributed by atoms with Gasteiger partial charge in [0.2, 0.25) is 0 Å². The van der Waals surface area contributed by atoms with Gasteiger partial charge in [-0.3, -0.25) is 0 Å². The molecule has 1 aliphatic carbocycles. The lowest BCUT2D eigenvalue weighted by Crippen LogP contribution is -2.67. The Morgan fingerprint density at radius 2 is 1.92 bits per heavy atom. The van der Waals surface area contributed by atoms with Crippen molar-refractivity contribution >= 4 is 26.8 Å². The van der Waals surface area contributed by atoms with Crippen molar-refractivity contribution in [3.63, 3.8) is 0 Å². The Morgan fingerprint density at radius 3 is 2.54 bits per heavy atom. The van der Waals surface area contributed by atoms with Crippen molar-refractivity contribution in [2.24, 2.45) is 10.6 Å². The van der Waals surface area contributed by atoms with Gasteiger partial charge in [-0.25, -0.2) is 5.14 Å². The molecule has 8 heteroatoms. The number of aromatic nitrogens is 2. The predicted molar refractivity (Wildman–Crippen MR) is 102 cm³/mol. The molecule has 2 heterocycles. The zero-order valence-electron chi connectivity index (χ0n) is 15.4. The summed E-state index contributed by atoms with van der Waals surface area (Å²) in [4.78, 5) is 2.33. The molecule has 2 aliphatic rings. The first-order valence-electron chi connectivity index (χ1n) is 9.00. The minimum absolute atomic E-state index is 0.0364. The maximum Gasteiger partial charge on any atom is 0.277 e. The van der Waals surface area contributed by atoms with E-state index >= 15 is 0 Å². The number of benzene rings is 1. The lowest BCUT2D eigenvalue weighted by molar-refractivity contribution is 0.0153. The molecule has 2 fully saturated rings. The predicted octanol–water partition coefficient (Wildman–Crippen LogP) is 1.74. The quantitative estimate of drug-likeness (QED) is 0.879. The first-order valence-corrected chi connectivity index (χ1v) is 10.5. The highest BCUT2D eigenvalue weighted by Crippen LogP contribution is 2.52. The first-order chi connectivity index (χ1) is 12.2. The molecule has 0 radical (unpaired) electrons. The van der Waals surface area contributed by atoms with Gasteiger partial charge in [-0.1, -0.05) is 6.92 Å². The number of anilines is 1. The fourth-order valence-corrected chi connectivity index (χ4v) is 5.46. The Balaban J connectivity index is 1.50. The van der Waals surface area contributed by atoms with Crippen molar-refractivity contribution in [3.05, 3.63) is 29.5 Å². The van der Waals surface area contributed by atoms with E-state index < -0.39 is 10.2 Å². The average Bonchev–Trinajstić information content (AvgIpc) is 2.48. The van der Waals surface area contributed by atoms with Crippen LogP contribution in [0.25, 0.3) is 10.9 Å². The number of nitrogens with zero attached hydrogens (tertiary/aromatic N) is 4. The molecule has 1 spiro atoms. The molecule has 2 N–H and O–H groups in total. The molecular formula is C18H25N5O2S. The van der Waals surface area contributed by atoms with Gasteiger partial charge in [-0.15, -0.1) is 0 Å². The van der Waals surface area contributed by atoms with Crippen LogP contribution < -0.4 is 10.0 Å². The minimum atomic E-state index is -3.61. The maximum atomic E-state index is 11.7. The van der Waals surface area contributed by atoms with Crippen LogP contribution in [0, 0.1) is 19.3 Å². The third-order valence-electron chi connectivity index (χ3n) is 6.01. The number of hydrogen-bond acceptors (Lipinski definition) is 5. The van der Waals surface area contributed by atoms with Crippen LogP contribution in [0.5, 0.6) is 0 Å². The van der Waals surface area contributed by atoms with E-state index in [-0.39, 0.29) is 11.5 Å². The molecule has 4 rings (SSSR count). The SMILES string of the molecule is CCN(C1CC2(C1)CN(c1cnnc3cc(C)c(C)cc13)C2)S(N)(=O)=O. The molecule has 2 aromatic rings.